The van der Waals surface area contributed by atoms with Gasteiger partial charge >= 0.3 is 6.18 Å². The van der Waals surface area contributed by atoms with Crippen LogP contribution >= 0.6 is 27.5 Å². The minimum atomic E-state index is -4.54. The smallest absolute Gasteiger partial charge is 0.294 e. The molecule has 0 atom stereocenters. The van der Waals surface area contributed by atoms with Crippen LogP contribution < -0.4 is 0 Å². The quantitative estimate of drug-likeness (QED) is 0.685. The predicted molar refractivity (Wildman–Crippen MR) is 69.5 cm³/mol. The van der Waals surface area contributed by atoms with Crippen molar-refractivity contribution in [2.24, 2.45) is 0 Å². The van der Waals surface area contributed by atoms with E-state index in [1.165, 1.54) is 13.1 Å². The Morgan fingerprint density at radius 1 is 1.37 bits per heavy atom. The molecule has 0 radical (unpaired) electrons. The number of ketones is 1. The molecule has 2 nitrogen and oxygen atoms in total. The van der Waals surface area contributed by atoms with Crippen LogP contribution in [0, 0.1) is 0 Å². The Kier molecular flexibility index (Phi) is 3.57. The molecule has 0 saturated heterocycles. The second kappa shape index (κ2) is 4.76. The largest absolute Gasteiger partial charge is 0.417 e. The van der Waals surface area contributed by atoms with Gasteiger partial charge in [0.15, 0.2) is 5.78 Å². The third-order valence-corrected chi connectivity index (χ3v) is 3.74. The Morgan fingerprint density at radius 2 is 2.00 bits per heavy atom. The number of aromatic nitrogens is 1. The average molecular weight is 353 g/mol. The number of benzene rings is 1. The van der Waals surface area contributed by atoms with Crippen molar-refractivity contribution in [2.45, 2.75) is 13.1 Å². The van der Waals surface area contributed by atoms with E-state index in [-0.39, 0.29) is 11.3 Å². The molecule has 1 heterocycles. The van der Waals surface area contributed by atoms with Gasteiger partial charge in [0.25, 0.3) is 0 Å². The summed E-state index contributed by atoms with van der Waals surface area (Å²) in [4.78, 5) is 15.2. The van der Waals surface area contributed by atoms with Crippen LogP contribution in [0.1, 0.15) is 22.8 Å². The van der Waals surface area contributed by atoms with E-state index in [2.05, 4.69) is 20.9 Å². The van der Waals surface area contributed by atoms with Gasteiger partial charge in [-0.15, -0.1) is 0 Å². The van der Waals surface area contributed by atoms with E-state index in [1.54, 1.807) is 0 Å². The third kappa shape index (κ3) is 2.60. The first-order valence-corrected chi connectivity index (χ1v) is 6.25. The van der Waals surface area contributed by atoms with Gasteiger partial charge in [0, 0.05) is 16.1 Å². The molecule has 2 rings (SSSR count). The highest BCUT2D eigenvalue weighted by molar-refractivity contribution is 9.10. The molecule has 0 unspecified atom stereocenters. The van der Waals surface area contributed by atoms with Crippen molar-refractivity contribution < 1.29 is 18.0 Å². The molecule has 1 aromatic heterocycles. The Hall–Kier alpha value is -1.14. The lowest BCUT2D eigenvalue weighted by molar-refractivity contribution is -0.137. The highest BCUT2D eigenvalue weighted by Crippen LogP contribution is 2.38. The SMILES string of the molecule is CC(=O)c1cnc2cc(C(F)(F)F)c(Cl)cc2c1Br. The van der Waals surface area contributed by atoms with Crippen LogP contribution in [0.2, 0.25) is 5.02 Å². The Bertz CT molecular complexity index is 685. The van der Waals surface area contributed by atoms with Crippen molar-refractivity contribution in [3.63, 3.8) is 0 Å². The first kappa shape index (κ1) is 14.3. The van der Waals surface area contributed by atoms with Crippen LogP contribution in [-0.2, 0) is 6.18 Å². The second-order valence-corrected chi connectivity index (χ2v) is 5.09. The number of hydrogen-bond acceptors (Lipinski definition) is 2. The van der Waals surface area contributed by atoms with Crippen LogP contribution in [0.15, 0.2) is 22.8 Å². The molecular weight excluding hydrogens is 346 g/mol. The lowest BCUT2D eigenvalue weighted by Gasteiger charge is -2.11. The van der Waals surface area contributed by atoms with Gasteiger partial charge in [-0.3, -0.25) is 9.78 Å². The van der Waals surface area contributed by atoms with Gasteiger partial charge in [-0.05, 0) is 35.0 Å². The summed E-state index contributed by atoms with van der Waals surface area (Å²) in [6.45, 7) is 1.35. The number of hydrogen-bond donors (Lipinski definition) is 0. The number of carbonyl (C=O) groups excluding carboxylic acids is 1. The van der Waals surface area contributed by atoms with E-state index < -0.39 is 16.8 Å². The summed E-state index contributed by atoms with van der Waals surface area (Å²) in [7, 11) is 0. The number of rotatable bonds is 1. The monoisotopic (exact) mass is 351 g/mol. The zero-order valence-corrected chi connectivity index (χ0v) is 11.8. The minimum absolute atomic E-state index is 0.119. The standard InChI is InChI=1S/C12H6BrClF3NO/c1-5(19)7-4-18-10-3-8(12(15,16)17)9(14)2-6(10)11(7)13/h2-4H,1H3. The molecule has 0 N–H and O–H groups in total. The van der Waals surface area contributed by atoms with Crippen molar-refractivity contribution in [1.29, 1.82) is 0 Å². The molecule has 100 valence electrons. The molecular formula is C12H6BrClF3NO. The maximum atomic E-state index is 12.7. The Labute approximate surface area is 119 Å². The fourth-order valence-corrected chi connectivity index (χ4v) is 2.61. The fraction of sp³-hybridized carbons (Fsp3) is 0.167. The first-order chi connectivity index (χ1) is 8.71. The summed E-state index contributed by atoms with van der Waals surface area (Å²) in [6.07, 6.45) is -3.30. The number of fused-ring (bicyclic) bond motifs is 1. The molecule has 0 aliphatic heterocycles. The number of carbonyl (C=O) groups is 1. The Morgan fingerprint density at radius 3 is 2.53 bits per heavy atom. The number of nitrogens with zero attached hydrogens (tertiary/aromatic N) is 1. The zero-order valence-electron chi connectivity index (χ0n) is 9.48. The van der Waals surface area contributed by atoms with Crippen molar-refractivity contribution in [3.8, 4) is 0 Å². The number of halogens is 5. The van der Waals surface area contributed by atoms with Gasteiger partial charge in [-0.1, -0.05) is 11.6 Å². The van der Waals surface area contributed by atoms with E-state index in [9.17, 15) is 18.0 Å². The lowest BCUT2D eigenvalue weighted by Crippen LogP contribution is -2.06. The van der Waals surface area contributed by atoms with Gasteiger partial charge in [0.1, 0.15) is 0 Å². The summed E-state index contributed by atoms with van der Waals surface area (Å²) in [6, 6.07) is 2.02. The highest BCUT2D eigenvalue weighted by Gasteiger charge is 2.33. The molecule has 0 saturated carbocycles. The molecule has 2 aromatic rings. The van der Waals surface area contributed by atoms with E-state index in [4.69, 9.17) is 11.6 Å². The van der Waals surface area contributed by atoms with Crippen LogP contribution in [0.3, 0.4) is 0 Å². The molecule has 1 aromatic carbocycles. The summed E-state index contributed by atoms with van der Waals surface area (Å²) in [5, 5.41) is -0.0612. The fourth-order valence-electron chi connectivity index (χ4n) is 1.64. The number of Topliss-reactive ketones (excluding diaryl/α,β-unsaturated/α-hetero) is 1. The maximum absolute atomic E-state index is 12.7. The maximum Gasteiger partial charge on any atom is 0.417 e. The van der Waals surface area contributed by atoms with E-state index in [1.807, 2.05) is 0 Å². The number of pyridine rings is 1. The van der Waals surface area contributed by atoms with Crippen LogP contribution in [-0.4, -0.2) is 10.8 Å². The summed E-state index contributed by atoms with van der Waals surface area (Å²) >= 11 is 8.83. The van der Waals surface area contributed by atoms with Crippen molar-refractivity contribution in [3.05, 3.63) is 39.0 Å². The summed E-state index contributed by atoms with van der Waals surface area (Å²) < 4.78 is 38.5. The average Bonchev–Trinajstić information content (AvgIpc) is 2.27. The van der Waals surface area contributed by atoms with Crippen molar-refractivity contribution in [2.75, 3.05) is 0 Å². The summed E-state index contributed by atoms with van der Waals surface area (Å²) in [5.41, 5.74) is -0.534. The zero-order chi connectivity index (χ0) is 14.4. The van der Waals surface area contributed by atoms with Crippen LogP contribution in [0.4, 0.5) is 13.2 Å². The van der Waals surface area contributed by atoms with Crippen molar-refractivity contribution in [1.82, 2.24) is 4.98 Å². The third-order valence-electron chi connectivity index (χ3n) is 2.58. The first-order valence-electron chi connectivity index (χ1n) is 5.07. The van der Waals surface area contributed by atoms with E-state index >= 15 is 0 Å². The second-order valence-electron chi connectivity index (χ2n) is 3.89. The van der Waals surface area contributed by atoms with Gasteiger partial charge in [-0.25, -0.2) is 0 Å². The van der Waals surface area contributed by atoms with Crippen LogP contribution in [0.5, 0.6) is 0 Å². The molecule has 0 amide bonds. The van der Waals surface area contributed by atoms with Gasteiger partial charge in [-0.2, -0.15) is 13.2 Å². The summed E-state index contributed by atoms with van der Waals surface area (Å²) in [5.74, 6) is -0.239. The molecule has 0 spiro atoms. The lowest BCUT2D eigenvalue weighted by atomic mass is 10.1. The van der Waals surface area contributed by atoms with Crippen LogP contribution in [0.25, 0.3) is 10.9 Å². The molecule has 19 heavy (non-hydrogen) atoms. The van der Waals surface area contributed by atoms with Gasteiger partial charge < -0.3 is 0 Å². The molecule has 0 aliphatic rings. The molecule has 0 fully saturated rings. The highest BCUT2D eigenvalue weighted by atomic mass is 79.9. The number of alkyl halides is 3. The molecule has 7 heteroatoms. The minimum Gasteiger partial charge on any atom is -0.294 e. The van der Waals surface area contributed by atoms with Crippen molar-refractivity contribution >= 4 is 44.2 Å². The predicted octanol–water partition coefficient (Wildman–Crippen LogP) is 4.87. The Balaban J connectivity index is 2.79. The topological polar surface area (TPSA) is 30.0 Å². The van der Waals surface area contributed by atoms with E-state index in [0.29, 0.717) is 15.4 Å². The van der Waals surface area contributed by atoms with Gasteiger partial charge in [0.05, 0.1) is 21.7 Å². The normalized spacial score (nSPS) is 11.9. The van der Waals surface area contributed by atoms with E-state index in [0.717, 1.165) is 12.1 Å². The molecule has 0 aliphatic carbocycles. The van der Waals surface area contributed by atoms with Gasteiger partial charge in [0.2, 0.25) is 0 Å². The molecule has 0 bridgehead atoms.